The fourth-order valence-electron chi connectivity index (χ4n) is 1.40. The van der Waals surface area contributed by atoms with Crippen molar-refractivity contribution >= 4 is 11.6 Å². The van der Waals surface area contributed by atoms with Crippen molar-refractivity contribution in [2.75, 3.05) is 24.2 Å². The lowest BCUT2D eigenvalue weighted by molar-refractivity contribution is -0.144. The van der Waals surface area contributed by atoms with E-state index >= 15 is 0 Å². The van der Waals surface area contributed by atoms with Gasteiger partial charge in [0, 0.05) is 19.2 Å². The van der Waals surface area contributed by atoms with Gasteiger partial charge in [0.2, 0.25) is 5.82 Å². The van der Waals surface area contributed by atoms with Crippen molar-refractivity contribution in [3.8, 4) is 0 Å². The molecule has 0 radical (unpaired) electrons. The summed E-state index contributed by atoms with van der Waals surface area (Å²) in [6.45, 7) is 4.13. The number of halogens is 3. The molecule has 1 heterocycles. The van der Waals surface area contributed by atoms with E-state index in [1.807, 2.05) is 13.8 Å². The minimum absolute atomic E-state index is 0.00833. The molecule has 1 aromatic rings. The Kier molecular flexibility index (Phi) is 4.56. The van der Waals surface area contributed by atoms with Crippen LogP contribution in [-0.2, 0) is 6.18 Å². The third kappa shape index (κ3) is 4.90. The lowest BCUT2D eigenvalue weighted by Crippen LogP contribution is -2.25. The Balaban J connectivity index is 2.82. The highest BCUT2D eigenvalue weighted by atomic mass is 19.4. The Labute approximate surface area is 109 Å². The number of nitrogen functional groups attached to an aromatic ring is 1. The van der Waals surface area contributed by atoms with Crippen LogP contribution in [0.4, 0.5) is 24.8 Å². The molecule has 1 aromatic heterocycles. The second-order valence-electron chi connectivity index (χ2n) is 4.99. The fourth-order valence-corrected chi connectivity index (χ4v) is 1.40. The second-order valence-corrected chi connectivity index (χ2v) is 4.99. The molecule has 19 heavy (non-hydrogen) atoms. The van der Waals surface area contributed by atoms with Gasteiger partial charge in [-0.05, 0) is 11.8 Å². The lowest BCUT2D eigenvalue weighted by Gasteiger charge is -2.24. The largest absolute Gasteiger partial charge is 0.451 e. The van der Waals surface area contributed by atoms with Crippen LogP contribution < -0.4 is 11.1 Å². The number of hydrogen-bond donors (Lipinski definition) is 3. The Morgan fingerprint density at radius 3 is 2.47 bits per heavy atom. The maximum atomic E-state index is 12.5. The predicted molar refractivity (Wildman–Crippen MR) is 65.4 cm³/mol. The first-order chi connectivity index (χ1) is 8.64. The molecule has 1 rings (SSSR count). The van der Waals surface area contributed by atoms with E-state index in [0.717, 1.165) is 0 Å². The summed E-state index contributed by atoms with van der Waals surface area (Å²) in [6.07, 6.45) is -4.11. The molecule has 0 spiro atoms. The molecule has 0 atom stereocenters. The maximum Gasteiger partial charge on any atom is 0.451 e. The van der Waals surface area contributed by atoms with Gasteiger partial charge in [-0.25, -0.2) is 9.97 Å². The van der Waals surface area contributed by atoms with E-state index in [0.29, 0.717) is 13.0 Å². The normalized spacial score (nSPS) is 12.5. The molecule has 5 nitrogen and oxygen atoms in total. The number of nitrogens with two attached hydrogens (primary N) is 1. The predicted octanol–water partition coefficient (Wildman–Crippen LogP) is 1.90. The van der Waals surface area contributed by atoms with E-state index in [4.69, 9.17) is 10.8 Å². The summed E-state index contributed by atoms with van der Waals surface area (Å²) in [7, 11) is 0. The SMILES string of the molecule is CC(C)(CCO)CNc1cc(N)nc(C(F)(F)F)n1. The number of nitrogens with one attached hydrogen (secondary N) is 1. The molecule has 0 aliphatic carbocycles. The van der Waals surface area contributed by atoms with Crippen LogP contribution in [0.3, 0.4) is 0 Å². The molecular weight excluding hydrogens is 261 g/mol. The number of nitrogens with zero attached hydrogens (tertiary/aromatic N) is 2. The van der Waals surface area contributed by atoms with Crippen molar-refractivity contribution < 1.29 is 18.3 Å². The number of aliphatic hydroxyl groups is 1. The molecule has 0 amide bonds. The highest BCUT2D eigenvalue weighted by molar-refractivity contribution is 5.45. The van der Waals surface area contributed by atoms with Crippen molar-refractivity contribution in [3.05, 3.63) is 11.9 Å². The van der Waals surface area contributed by atoms with Crippen LogP contribution in [0.25, 0.3) is 0 Å². The number of alkyl halides is 3. The fraction of sp³-hybridized carbons (Fsp3) is 0.636. The number of aromatic nitrogens is 2. The van der Waals surface area contributed by atoms with Crippen LogP contribution in [-0.4, -0.2) is 28.2 Å². The second kappa shape index (κ2) is 5.60. The standard InChI is InChI=1S/C11H17F3N4O/c1-10(2,3-4-19)6-16-8-5-7(15)17-9(18-8)11(12,13)14/h5,19H,3-4,6H2,1-2H3,(H3,15,16,17,18). The first kappa shape index (κ1) is 15.5. The molecule has 8 heteroatoms. The zero-order valence-electron chi connectivity index (χ0n) is 10.8. The van der Waals surface area contributed by atoms with Crippen molar-refractivity contribution in [1.29, 1.82) is 0 Å². The summed E-state index contributed by atoms with van der Waals surface area (Å²) in [5, 5.41) is 11.7. The molecule has 0 saturated heterocycles. The van der Waals surface area contributed by atoms with E-state index in [1.165, 1.54) is 6.07 Å². The minimum atomic E-state index is -4.63. The van der Waals surface area contributed by atoms with E-state index < -0.39 is 12.0 Å². The van der Waals surface area contributed by atoms with Crippen LogP contribution in [0.2, 0.25) is 0 Å². The Bertz CT molecular complexity index is 434. The number of hydrogen-bond acceptors (Lipinski definition) is 5. The molecule has 0 saturated carbocycles. The quantitative estimate of drug-likeness (QED) is 0.766. The maximum absolute atomic E-state index is 12.5. The molecule has 0 aliphatic heterocycles. The minimum Gasteiger partial charge on any atom is -0.396 e. The lowest BCUT2D eigenvalue weighted by atomic mass is 9.90. The Hall–Kier alpha value is -1.57. The van der Waals surface area contributed by atoms with Gasteiger partial charge in [0.25, 0.3) is 0 Å². The van der Waals surface area contributed by atoms with Gasteiger partial charge in [0.05, 0.1) is 0 Å². The molecule has 0 aliphatic rings. The monoisotopic (exact) mass is 278 g/mol. The van der Waals surface area contributed by atoms with Crippen LogP contribution in [0.5, 0.6) is 0 Å². The van der Waals surface area contributed by atoms with Crippen molar-refractivity contribution in [1.82, 2.24) is 9.97 Å². The van der Waals surface area contributed by atoms with Crippen LogP contribution in [0.1, 0.15) is 26.1 Å². The number of rotatable bonds is 5. The number of anilines is 2. The van der Waals surface area contributed by atoms with Crippen LogP contribution in [0, 0.1) is 5.41 Å². The van der Waals surface area contributed by atoms with Gasteiger partial charge in [-0.1, -0.05) is 13.8 Å². The average Bonchev–Trinajstić information content (AvgIpc) is 2.24. The molecule has 0 aromatic carbocycles. The van der Waals surface area contributed by atoms with Gasteiger partial charge in [-0.2, -0.15) is 13.2 Å². The Morgan fingerprint density at radius 2 is 1.95 bits per heavy atom. The van der Waals surface area contributed by atoms with Crippen molar-refractivity contribution in [2.24, 2.45) is 5.41 Å². The van der Waals surface area contributed by atoms with Gasteiger partial charge in [0.15, 0.2) is 0 Å². The van der Waals surface area contributed by atoms with E-state index in [-0.39, 0.29) is 23.7 Å². The van der Waals surface area contributed by atoms with Gasteiger partial charge in [0.1, 0.15) is 11.6 Å². The molecule has 0 fully saturated rings. The van der Waals surface area contributed by atoms with E-state index in [2.05, 4.69) is 15.3 Å². The summed E-state index contributed by atoms with van der Waals surface area (Å²) in [6, 6.07) is 1.24. The third-order valence-electron chi connectivity index (χ3n) is 2.54. The van der Waals surface area contributed by atoms with E-state index in [1.54, 1.807) is 0 Å². The molecular formula is C11H17F3N4O. The van der Waals surface area contributed by atoms with Gasteiger partial charge in [-0.15, -0.1) is 0 Å². The van der Waals surface area contributed by atoms with Crippen molar-refractivity contribution in [3.63, 3.8) is 0 Å². The Morgan fingerprint density at radius 1 is 1.32 bits per heavy atom. The van der Waals surface area contributed by atoms with Gasteiger partial charge < -0.3 is 16.2 Å². The highest BCUT2D eigenvalue weighted by Crippen LogP contribution is 2.28. The molecule has 108 valence electrons. The van der Waals surface area contributed by atoms with Gasteiger partial charge >= 0.3 is 6.18 Å². The van der Waals surface area contributed by atoms with Gasteiger partial charge in [-0.3, -0.25) is 0 Å². The van der Waals surface area contributed by atoms with Crippen LogP contribution >= 0.6 is 0 Å². The topological polar surface area (TPSA) is 84.1 Å². The third-order valence-corrected chi connectivity index (χ3v) is 2.54. The zero-order valence-corrected chi connectivity index (χ0v) is 10.8. The first-order valence-electron chi connectivity index (χ1n) is 5.70. The number of aliphatic hydroxyl groups excluding tert-OH is 1. The summed E-state index contributed by atoms with van der Waals surface area (Å²) >= 11 is 0. The summed E-state index contributed by atoms with van der Waals surface area (Å²) < 4.78 is 37.5. The molecule has 4 N–H and O–H groups in total. The first-order valence-corrected chi connectivity index (χ1v) is 5.70. The highest BCUT2D eigenvalue weighted by Gasteiger charge is 2.35. The summed E-state index contributed by atoms with van der Waals surface area (Å²) in [4.78, 5) is 6.53. The smallest absolute Gasteiger partial charge is 0.396 e. The van der Waals surface area contributed by atoms with Crippen LogP contribution in [0.15, 0.2) is 6.07 Å². The zero-order chi connectivity index (χ0) is 14.7. The summed E-state index contributed by atoms with van der Waals surface area (Å²) in [5.74, 6) is -1.49. The molecule has 0 bridgehead atoms. The average molecular weight is 278 g/mol. The molecule has 0 unspecified atom stereocenters. The summed E-state index contributed by atoms with van der Waals surface area (Å²) in [5.41, 5.74) is 5.05. The van der Waals surface area contributed by atoms with E-state index in [9.17, 15) is 13.2 Å². The van der Waals surface area contributed by atoms with Crippen molar-refractivity contribution in [2.45, 2.75) is 26.4 Å².